The van der Waals surface area contributed by atoms with Crippen LogP contribution in [0.3, 0.4) is 0 Å². The summed E-state index contributed by atoms with van der Waals surface area (Å²) in [5.74, 6) is -6.24. The summed E-state index contributed by atoms with van der Waals surface area (Å²) in [5, 5.41) is 33.4. The average Bonchev–Trinajstić information content (AvgIpc) is 3.74. The number of aliphatic carboxylic acids is 2. The number of carboxylic acids is 2. The molecule has 10 atom stereocenters. The van der Waals surface area contributed by atoms with Crippen molar-refractivity contribution >= 4 is 48.8 Å². The summed E-state index contributed by atoms with van der Waals surface area (Å²) in [6, 6.07) is 13.3. The molecular weight excluding hydrogens is 898 g/mol. The summed E-state index contributed by atoms with van der Waals surface area (Å²) < 4.78 is 61.6. The molecule has 0 aromatic heterocycles. The van der Waals surface area contributed by atoms with Crippen LogP contribution in [0.15, 0.2) is 72.3 Å². The SMILES string of the molecule is C[C@]12C=CC(=O)C=C1CC[C@@H]1[C@@H]2[C@@H](O)C[C@@]2(C)[C@H]1C[C@H]1O[C@@H](c3ccc(Cc4cccc(NC(=O)[C@H](CCC(=O)O)NC(=O)CN)c4)cc3)O[C@]12C(=O)COP(=O)(O)O.O=C(O)C(F)(F)F. The number of Topliss-reactive ketones (excluding diaryl/α,β-unsaturated/α-hetero) is 1. The third-order valence-electron chi connectivity index (χ3n) is 13.6. The Labute approximate surface area is 376 Å². The Morgan fingerprint density at radius 3 is 2.35 bits per heavy atom. The molecular formula is C44H51F3N3O15P. The zero-order valence-corrected chi connectivity index (χ0v) is 36.6. The monoisotopic (exact) mass is 949 g/mol. The van der Waals surface area contributed by atoms with Crippen molar-refractivity contribution in [3.05, 3.63) is 89.0 Å². The number of benzene rings is 2. The summed E-state index contributed by atoms with van der Waals surface area (Å²) >= 11 is 0. The molecule has 5 aliphatic rings. The lowest BCUT2D eigenvalue weighted by molar-refractivity contribution is -0.200. The number of amides is 2. The summed E-state index contributed by atoms with van der Waals surface area (Å²) in [6.07, 6.45) is -0.772. The number of hydrogen-bond donors (Lipinski definition) is 8. The predicted octanol–water partition coefficient (Wildman–Crippen LogP) is 3.88. The highest BCUT2D eigenvalue weighted by molar-refractivity contribution is 7.46. The molecule has 358 valence electrons. The van der Waals surface area contributed by atoms with Gasteiger partial charge in [0, 0.05) is 34.4 Å². The van der Waals surface area contributed by atoms with E-state index in [9.17, 15) is 56.6 Å². The Morgan fingerprint density at radius 2 is 1.73 bits per heavy atom. The van der Waals surface area contributed by atoms with E-state index in [1.807, 2.05) is 50.3 Å². The lowest BCUT2D eigenvalue weighted by Crippen LogP contribution is -2.63. The van der Waals surface area contributed by atoms with E-state index in [1.165, 1.54) is 0 Å². The Morgan fingerprint density at radius 1 is 1.05 bits per heavy atom. The van der Waals surface area contributed by atoms with Crippen LogP contribution in [0.25, 0.3) is 0 Å². The van der Waals surface area contributed by atoms with Gasteiger partial charge in [0.2, 0.25) is 11.8 Å². The molecule has 2 aromatic carbocycles. The summed E-state index contributed by atoms with van der Waals surface area (Å²) in [7, 11) is -5.03. The van der Waals surface area contributed by atoms with E-state index in [1.54, 1.807) is 30.4 Å². The highest BCUT2D eigenvalue weighted by Crippen LogP contribution is 2.70. The Balaban J connectivity index is 0.000000952. The van der Waals surface area contributed by atoms with Gasteiger partial charge in [-0.2, -0.15) is 13.2 Å². The van der Waals surface area contributed by atoms with E-state index in [0.29, 0.717) is 36.9 Å². The van der Waals surface area contributed by atoms with Gasteiger partial charge in [-0.1, -0.05) is 61.9 Å². The summed E-state index contributed by atoms with van der Waals surface area (Å²) in [5.41, 5.74) is 5.88. The quantitative estimate of drug-likeness (QED) is 0.125. The van der Waals surface area contributed by atoms with Crippen LogP contribution >= 0.6 is 7.82 Å². The molecule has 2 aromatic rings. The summed E-state index contributed by atoms with van der Waals surface area (Å²) in [4.78, 5) is 90.6. The minimum atomic E-state index is -5.08. The number of carboxylic acid groups (broad SMARTS) is 2. The first-order valence-corrected chi connectivity index (χ1v) is 22.5. The largest absolute Gasteiger partial charge is 0.490 e. The molecule has 0 radical (unpaired) electrons. The van der Waals surface area contributed by atoms with Crippen molar-refractivity contribution < 1.29 is 85.6 Å². The van der Waals surface area contributed by atoms with Crippen LogP contribution in [0.5, 0.6) is 0 Å². The molecule has 1 heterocycles. The third-order valence-corrected chi connectivity index (χ3v) is 14.1. The van der Waals surface area contributed by atoms with Gasteiger partial charge in [0.25, 0.3) is 0 Å². The first-order chi connectivity index (χ1) is 30.8. The third kappa shape index (κ3) is 10.4. The topological polar surface area (TPSA) is 298 Å². The van der Waals surface area contributed by atoms with E-state index in [0.717, 1.165) is 16.7 Å². The molecule has 1 saturated heterocycles. The molecule has 1 aliphatic heterocycles. The number of carbonyl (C=O) groups is 6. The van der Waals surface area contributed by atoms with Crippen LogP contribution in [0.4, 0.5) is 18.9 Å². The lowest BCUT2D eigenvalue weighted by Gasteiger charge is -2.59. The van der Waals surface area contributed by atoms with Crippen molar-refractivity contribution in [3.8, 4) is 0 Å². The maximum atomic E-state index is 14.3. The van der Waals surface area contributed by atoms with Crippen LogP contribution in [0.1, 0.15) is 75.4 Å². The minimum absolute atomic E-state index is 0.0612. The number of anilines is 1. The first-order valence-electron chi connectivity index (χ1n) is 21.0. The number of allylic oxidation sites excluding steroid dienone is 4. The molecule has 7 rings (SSSR count). The number of ether oxygens (including phenoxy) is 2. The van der Waals surface area contributed by atoms with Gasteiger partial charge >= 0.3 is 25.9 Å². The highest BCUT2D eigenvalue weighted by atomic mass is 31.2. The summed E-state index contributed by atoms with van der Waals surface area (Å²) in [6.45, 7) is 2.68. The Bertz CT molecular complexity index is 2350. The molecule has 66 heavy (non-hydrogen) atoms. The number of halogens is 3. The molecule has 2 amide bonds. The average molecular weight is 950 g/mol. The lowest BCUT2D eigenvalue weighted by atomic mass is 9.46. The van der Waals surface area contributed by atoms with Gasteiger partial charge in [0.05, 0.1) is 18.8 Å². The van der Waals surface area contributed by atoms with Gasteiger partial charge in [0.15, 0.2) is 23.5 Å². The number of ketones is 2. The molecule has 4 fully saturated rings. The van der Waals surface area contributed by atoms with Gasteiger partial charge in [-0.05, 0) is 85.8 Å². The van der Waals surface area contributed by atoms with Crippen LogP contribution in [0, 0.1) is 28.6 Å². The number of phosphoric ester groups is 1. The van der Waals surface area contributed by atoms with Crippen LogP contribution < -0.4 is 16.4 Å². The fourth-order valence-electron chi connectivity index (χ4n) is 10.8. The molecule has 0 unspecified atom stereocenters. The van der Waals surface area contributed by atoms with E-state index in [-0.39, 0.29) is 49.3 Å². The predicted molar refractivity (Wildman–Crippen MR) is 224 cm³/mol. The number of aliphatic hydroxyl groups is 1. The number of nitrogens with one attached hydrogen (secondary N) is 2. The fourth-order valence-corrected chi connectivity index (χ4v) is 11.1. The van der Waals surface area contributed by atoms with Crippen molar-refractivity contribution in [1.29, 1.82) is 0 Å². The highest BCUT2D eigenvalue weighted by Gasteiger charge is 2.76. The molecule has 3 saturated carbocycles. The van der Waals surface area contributed by atoms with E-state index >= 15 is 0 Å². The molecule has 0 spiro atoms. The van der Waals surface area contributed by atoms with Crippen molar-refractivity contribution in [2.24, 2.45) is 34.3 Å². The number of fused-ring (bicyclic) bond motifs is 7. The van der Waals surface area contributed by atoms with Crippen molar-refractivity contribution in [3.63, 3.8) is 0 Å². The molecule has 9 N–H and O–H groups in total. The normalized spacial score (nSPS) is 30.3. The second-order valence-electron chi connectivity index (χ2n) is 17.6. The van der Waals surface area contributed by atoms with E-state index < -0.39 is 91.1 Å². The Hall–Kier alpha value is -5.12. The number of alkyl halides is 3. The standard InChI is InChI=1S/C42H50N3O13P.C2HF3O2/c1-40-15-14-28(46)18-26(40)10-11-29-30-19-34-42(33(48)22-56-59(53,54)55,41(30,2)20-32(47)37(29)40)58-39(57-34)25-8-6-23(7-9-25)16-24-4-3-5-27(17-24)44-38(52)31(12-13-36(50)51)45-35(49)21-43;3-2(4,5)1(6)7/h3-9,14-15,17-18,29-32,34,37,39,47H,10-13,16,19-22,43H2,1-2H3,(H,44,52)(H,45,49)(H,50,51)(H2,53,54,55);(H,6,7)/t29-,30-,31-,32-,34+,37+,39+,40-,41-,42+;/m0./s1. The number of aliphatic hydroxyl groups excluding tert-OH is 1. The molecule has 0 bridgehead atoms. The van der Waals surface area contributed by atoms with E-state index in [4.69, 9.17) is 34.7 Å². The second kappa shape index (κ2) is 19.2. The number of hydrogen-bond acceptors (Lipinski definition) is 12. The van der Waals surface area contributed by atoms with Gasteiger partial charge in [-0.25, -0.2) is 9.36 Å². The first kappa shape index (κ1) is 50.3. The van der Waals surface area contributed by atoms with Crippen molar-refractivity contribution in [1.82, 2.24) is 5.32 Å². The maximum Gasteiger partial charge on any atom is 0.490 e. The molecule has 22 heteroatoms. The second-order valence-corrected chi connectivity index (χ2v) is 18.9. The van der Waals surface area contributed by atoms with Gasteiger partial charge in [-0.3, -0.25) is 28.5 Å². The van der Waals surface area contributed by atoms with Crippen LogP contribution in [-0.2, 0) is 53.8 Å². The van der Waals surface area contributed by atoms with Crippen molar-refractivity contribution in [2.45, 2.75) is 95.1 Å². The number of carbonyl (C=O) groups excluding carboxylic acids is 4. The van der Waals surface area contributed by atoms with Crippen LogP contribution in [-0.4, -0.2) is 104 Å². The smallest absolute Gasteiger partial charge is 0.481 e. The minimum Gasteiger partial charge on any atom is -0.481 e. The van der Waals surface area contributed by atoms with Crippen LogP contribution in [0.2, 0.25) is 0 Å². The fraction of sp³-hybridized carbons (Fsp3) is 0.500. The zero-order valence-electron chi connectivity index (χ0n) is 35.7. The van der Waals surface area contributed by atoms with Gasteiger partial charge < -0.3 is 50.9 Å². The van der Waals surface area contributed by atoms with E-state index in [2.05, 4.69) is 10.6 Å². The number of phosphoric acid groups is 1. The number of nitrogens with two attached hydrogens (primary N) is 1. The Kier molecular flexibility index (Phi) is 14.7. The van der Waals surface area contributed by atoms with Crippen molar-refractivity contribution in [2.75, 3.05) is 18.5 Å². The maximum absolute atomic E-state index is 14.3. The number of rotatable bonds is 14. The van der Waals surface area contributed by atoms with Gasteiger partial charge in [0.1, 0.15) is 12.6 Å². The van der Waals surface area contributed by atoms with Gasteiger partial charge in [-0.15, -0.1) is 0 Å². The zero-order chi connectivity index (χ0) is 48.6. The molecule has 18 nitrogen and oxygen atoms in total. The molecule has 4 aliphatic carbocycles.